The van der Waals surface area contributed by atoms with Crippen molar-refractivity contribution < 1.29 is 8.42 Å². The molecule has 23 heavy (non-hydrogen) atoms. The van der Waals surface area contributed by atoms with Crippen LogP contribution in [0.5, 0.6) is 0 Å². The summed E-state index contributed by atoms with van der Waals surface area (Å²) in [5, 5.41) is 8.87. The van der Waals surface area contributed by atoms with Crippen molar-refractivity contribution in [2.75, 3.05) is 0 Å². The SMILES string of the molecule is N#Cc1cccc(CS(=O)(=O)NCc2cn3c(n2)CCCC3)c1. The van der Waals surface area contributed by atoms with Crippen molar-refractivity contribution in [2.45, 2.75) is 38.1 Å². The molecule has 0 radical (unpaired) electrons. The van der Waals surface area contributed by atoms with Crippen LogP contribution >= 0.6 is 0 Å². The molecule has 0 aliphatic carbocycles. The van der Waals surface area contributed by atoms with Gasteiger partial charge >= 0.3 is 0 Å². The van der Waals surface area contributed by atoms with Crippen LogP contribution in [0, 0.1) is 11.3 Å². The molecule has 0 atom stereocenters. The summed E-state index contributed by atoms with van der Waals surface area (Å²) >= 11 is 0. The van der Waals surface area contributed by atoms with Crippen LogP contribution in [0.3, 0.4) is 0 Å². The molecule has 2 aromatic rings. The Morgan fingerprint density at radius 1 is 1.35 bits per heavy atom. The van der Waals surface area contributed by atoms with E-state index in [0.29, 0.717) is 11.1 Å². The van der Waals surface area contributed by atoms with Crippen molar-refractivity contribution in [1.82, 2.24) is 14.3 Å². The Kier molecular flexibility index (Phi) is 4.46. The molecule has 120 valence electrons. The zero-order valence-electron chi connectivity index (χ0n) is 12.7. The fraction of sp³-hybridized carbons (Fsp3) is 0.375. The first kappa shape index (κ1) is 15.7. The second-order valence-corrected chi connectivity index (χ2v) is 7.50. The van der Waals surface area contributed by atoms with Crippen LogP contribution in [-0.2, 0) is 35.3 Å². The van der Waals surface area contributed by atoms with E-state index in [-0.39, 0.29) is 12.3 Å². The Labute approximate surface area is 135 Å². The number of aromatic nitrogens is 2. The fourth-order valence-electron chi connectivity index (χ4n) is 2.74. The first-order valence-electron chi connectivity index (χ1n) is 7.57. The lowest BCUT2D eigenvalue weighted by atomic mass is 10.2. The van der Waals surface area contributed by atoms with Crippen molar-refractivity contribution >= 4 is 10.0 Å². The largest absolute Gasteiger partial charge is 0.335 e. The summed E-state index contributed by atoms with van der Waals surface area (Å²) in [7, 11) is -3.47. The van der Waals surface area contributed by atoms with Crippen LogP contribution in [0.4, 0.5) is 0 Å². The van der Waals surface area contributed by atoms with Gasteiger partial charge in [-0.15, -0.1) is 0 Å². The van der Waals surface area contributed by atoms with E-state index in [4.69, 9.17) is 5.26 Å². The highest BCUT2D eigenvalue weighted by Crippen LogP contribution is 2.15. The maximum atomic E-state index is 12.2. The van der Waals surface area contributed by atoms with Crippen molar-refractivity contribution in [3.63, 3.8) is 0 Å². The van der Waals surface area contributed by atoms with Gasteiger partial charge in [0.05, 0.1) is 29.6 Å². The van der Waals surface area contributed by atoms with E-state index in [0.717, 1.165) is 37.3 Å². The van der Waals surface area contributed by atoms with Gasteiger partial charge in [-0.3, -0.25) is 0 Å². The van der Waals surface area contributed by atoms with E-state index in [2.05, 4.69) is 14.3 Å². The van der Waals surface area contributed by atoms with Crippen molar-refractivity contribution in [3.8, 4) is 6.07 Å². The number of rotatable bonds is 5. The van der Waals surface area contributed by atoms with Gasteiger partial charge in [-0.25, -0.2) is 18.1 Å². The molecular weight excluding hydrogens is 312 g/mol. The lowest BCUT2D eigenvalue weighted by Crippen LogP contribution is -2.24. The van der Waals surface area contributed by atoms with Gasteiger partial charge in [0.1, 0.15) is 5.82 Å². The Morgan fingerprint density at radius 2 is 2.22 bits per heavy atom. The Morgan fingerprint density at radius 3 is 3.00 bits per heavy atom. The highest BCUT2D eigenvalue weighted by atomic mass is 32.2. The molecule has 1 N–H and O–H groups in total. The lowest BCUT2D eigenvalue weighted by molar-refractivity contribution is 0.522. The molecule has 0 fully saturated rings. The Bertz CT molecular complexity index is 826. The minimum atomic E-state index is -3.47. The zero-order chi connectivity index (χ0) is 16.3. The normalized spacial score (nSPS) is 14.2. The van der Waals surface area contributed by atoms with Crippen LogP contribution in [0.15, 0.2) is 30.5 Å². The monoisotopic (exact) mass is 330 g/mol. The second kappa shape index (κ2) is 6.52. The topological polar surface area (TPSA) is 87.8 Å². The van der Waals surface area contributed by atoms with Crippen LogP contribution < -0.4 is 4.72 Å². The second-order valence-electron chi connectivity index (χ2n) is 5.69. The van der Waals surface area contributed by atoms with Gasteiger partial charge < -0.3 is 4.57 Å². The number of hydrogen-bond donors (Lipinski definition) is 1. The molecule has 1 aliphatic rings. The molecule has 0 spiro atoms. The molecule has 2 heterocycles. The average molecular weight is 330 g/mol. The van der Waals surface area contributed by atoms with E-state index in [9.17, 15) is 8.42 Å². The summed E-state index contributed by atoms with van der Waals surface area (Å²) in [6.45, 7) is 1.15. The molecule has 1 aromatic heterocycles. The molecule has 1 aromatic carbocycles. The van der Waals surface area contributed by atoms with Gasteiger partial charge in [-0.1, -0.05) is 12.1 Å². The smallest absolute Gasteiger partial charge is 0.216 e. The molecule has 7 heteroatoms. The van der Waals surface area contributed by atoms with Crippen molar-refractivity contribution in [2.24, 2.45) is 0 Å². The standard InChI is InChI=1S/C16H18N4O2S/c17-9-13-4-3-5-14(8-13)12-23(21,22)18-10-15-11-20-7-2-1-6-16(20)19-15/h3-5,8,11,18H,1-2,6-7,10,12H2. The number of aryl methyl sites for hydroxylation is 2. The third-order valence-corrected chi connectivity index (χ3v) is 5.14. The lowest BCUT2D eigenvalue weighted by Gasteiger charge is -2.11. The number of sulfonamides is 1. The van der Waals surface area contributed by atoms with Gasteiger partial charge in [-0.05, 0) is 30.5 Å². The van der Waals surface area contributed by atoms with Crippen LogP contribution in [0.25, 0.3) is 0 Å². The number of fused-ring (bicyclic) bond motifs is 1. The van der Waals surface area contributed by atoms with Crippen molar-refractivity contribution in [3.05, 3.63) is 53.1 Å². The van der Waals surface area contributed by atoms with E-state index < -0.39 is 10.0 Å². The molecule has 6 nitrogen and oxygen atoms in total. The summed E-state index contributed by atoms with van der Waals surface area (Å²) in [6, 6.07) is 8.65. The molecule has 3 rings (SSSR count). The predicted octanol–water partition coefficient (Wildman–Crippen LogP) is 1.71. The third-order valence-electron chi connectivity index (χ3n) is 3.84. The summed E-state index contributed by atoms with van der Waals surface area (Å²) in [5.74, 6) is 0.892. The van der Waals surface area contributed by atoms with Crippen LogP contribution in [-0.4, -0.2) is 18.0 Å². The summed E-state index contributed by atoms with van der Waals surface area (Å²) in [4.78, 5) is 4.48. The molecule has 0 bridgehead atoms. The maximum Gasteiger partial charge on any atom is 0.216 e. The molecule has 0 amide bonds. The number of benzene rings is 1. The summed E-state index contributed by atoms with van der Waals surface area (Å²) in [6.07, 6.45) is 5.15. The van der Waals surface area contributed by atoms with E-state index in [1.165, 1.54) is 0 Å². The number of nitriles is 1. The minimum Gasteiger partial charge on any atom is -0.335 e. The third kappa shape index (κ3) is 3.97. The molecule has 0 saturated carbocycles. The van der Waals surface area contributed by atoms with Crippen LogP contribution in [0.2, 0.25) is 0 Å². The molecule has 0 unspecified atom stereocenters. The average Bonchev–Trinajstić information content (AvgIpc) is 2.96. The van der Waals surface area contributed by atoms with Crippen LogP contribution in [0.1, 0.15) is 35.5 Å². The summed E-state index contributed by atoms with van der Waals surface area (Å²) in [5.41, 5.74) is 1.80. The number of imidazole rings is 1. The number of hydrogen-bond acceptors (Lipinski definition) is 4. The highest BCUT2D eigenvalue weighted by molar-refractivity contribution is 7.88. The molecule has 1 aliphatic heterocycles. The van der Waals surface area contributed by atoms with Gasteiger partial charge in [0.2, 0.25) is 10.0 Å². The summed E-state index contributed by atoms with van der Waals surface area (Å²) < 4.78 is 29.1. The van der Waals surface area contributed by atoms with Gasteiger partial charge in [-0.2, -0.15) is 5.26 Å². The van der Waals surface area contributed by atoms with Gasteiger partial charge in [0.25, 0.3) is 0 Å². The number of nitrogens with one attached hydrogen (secondary N) is 1. The van der Waals surface area contributed by atoms with Gasteiger partial charge in [0.15, 0.2) is 0 Å². The minimum absolute atomic E-state index is 0.143. The maximum absolute atomic E-state index is 12.2. The molecule has 0 saturated heterocycles. The Balaban J connectivity index is 1.64. The van der Waals surface area contributed by atoms with E-state index >= 15 is 0 Å². The van der Waals surface area contributed by atoms with E-state index in [1.807, 2.05) is 12.3 Å². The Hall–Kier alpha value is -2.17. The van der Waals surface area contributed by atoms with Crippen molar-refractivity contribution in [1.29, 1.82) is 5.26 Å². The first-order chi connectivity index (χ1) is 11.1. The highest BCUT2D eigenvalue weighted by Gasteiger charge is 2.15. The fourth-order valence-corrected chi connectivity index (χ4v) is 3.83. The molecular formula is C16H18N4O2S. The predicted molar refractivity (Wildman–Crippen MR) is 85.8 cm³/mol. The zero-order valence-corrected chi connectivity index (χ0v) is 13.5. The van der Waals surface area contributed by atoms with Gasteiger partial charge in [0, 0.05) is 19.2 Å². The van der Waals surface area contributed by atoms with E-state index in [1.54, 1.807) is 24.3 Å². The quantitative estimate of drug-likeness (QED) is 0.904. The first-order valence-corrected chi connectivity index (χ1v) is 9.22. The number of nitrogens with zero attached hydrogens (tertiary/aromatic N) is 3.